The van der Waals surface area contributed by atoms with Crippen molar-refractivity contribution >= 4 is 29.6 Å². The second-order valence-corrected chi connectivity index (χ2v) is 9.11. The summed E-state index contributed by atoms with van der Waals surface area (Å²) in [6.07, 6.45) is 9.33. The summed E-state index contributed by atoms with van der Waals surface area (Å²) in [4.78, 5) is 42.9. The van der Waals surface area contributed by atoms with Crippen LogP contribution in [0.5, 0.6) is 0 Å². The van der Waals surface area contributed by atoms with Gasteiger partial charge in [0.15, 0.2) is 0 Å². The van der Waals surface area contributed by atoms with Crippen molar-refractivity contribution in [3.05, 3.63) is 28.2 Å². The molecule has 2 atom stereocenters. The van der Waals surface area contributed by atoms with Crippen LogP contribution in [0, 0.1) is 12.8 Å². The molecule has 0 bridgehead atoms. The molecular weight excluding hydrogens is 416 g/mol. The van der Waals surface area contributed by atoms with Crippen molar-refractivity contribution in [2.45, 2.75) is 57.5 Å². The van der Waals surface area contributed by atoms with Crippen LogP contribution in [0.3, 0.4) is 0 Å². The first-order valence-corrected chi connectivity index (χ1v) is 11.6. The smallest absolute Gasteiger partial charge is 0.290 e. The van der Waals surface area contributed by atoms with Crippen LogP contribution >= 0.6 is 11.3 Å². The first-order chi connectivity index (χ1) is 14.9. The lowest BCUT2D eigenvalue weighted by Crippen LogP contribution is -2.43. The minimum absolute atomic E-state index is 0.111. The third-order valence-electron chi connectivity index (χ3n) is 6.23. The van der Waals surface area contributed by atoms with Crippen LogP contribution < -0.4 is 5.32 Å². The maximum atomic E-state index is 12.6. The van der Waals surface area contributed by atoms with Crippen LogP contribution in [-0.4, -0.2) is 77.4 Å². The maximum absolute atomic E-state index is 12.6. The molecule has 0 radical (unpaired) electrons. The summed E-state index contributed by atoms with van der Waals surface area (Å²) in [5.41, 5.74) is 2.93. The molecular formula is C22H34N4O4S. The molecule has 1 saturated heterocycles. The Labute approximate surface area is 188 Å². The van der Waals surface area contributed by atoms with E-state index < -0.39 is 0 Å². The van der Waals surface area contributed by atoms with E-state index in [1.165, 1.54) is 4.88 Å². The number of allylic oxidation sites excluding steroid dienone is 2. The molecule has 31 heavy (non-hydrogen) atoms. The highest BCUT2D eigenvalue weighted by atomic mass is 32.1. The molecule has 1 aliphatic heterocycles. The number of nitrogens with one attached hydrogen (secondary N) is 1. The van der Waals surface area contributed by atoms with E-state index in [9.17, 15) is 9.59 Å². The minimum atomic E-state index is -0.250. The average Bonchev–Trinajstić information content (AvgIpc) is 3.49. The van der Waals surface area contributed by atoms with Gasteiger partial charge in [-0.3, -0.25) is 19.3 Å². The highest BCUT2D eigenvalue weighted by Crippen LogP contribution is 2.25. The van der Waals surface area contributed by atoms with Crippen LogP contribution in [0.4, 0.5) is 0 Å². The van der Waals surface area contributed by atoms with Crippen LogP contribution in [0.2, 0.25) is 0 Å². The third-order valence-corrected chi connectivity index (χ3v) is 7.23. The summed E-state index contributed by atoms with van der Waals surface area (Å²) in [7, 11) is 3.97. The highest BCUT2D eigenvalue weighted by Gasteiger charge is 2.33. The Morgan fingerprint density at radius 3 is 2.58 bits per heavy atom. The molecule has 3 rings (SSSR count). The number of hydrogen-bond donors (Lipinski definition) is 2. The summed E-state index contributed by atoms with van der Waals surface area (Å²) >= 11 is 1.66. The van der Waals surface area contributed by atoms with Gasteiger partial charge >= 0.3 is 0 Å². The summed E-state index contributed by atoms with van der Waals surface area (Å²) in [5, 5.41) is 10.0. The Balaban J connectivity index is 0.00000107. The molecule has 2 heterocycles. The largest absolute Gasteiger partial charge is 0.483 e. The quantitative estimate of drug-likeness (QED) is 0.464. The molecule has 8 nitrogen and oxygen atoms in total. The average molecular weight is 451 g/mol. The molecule has 1 aromatic rings. The number of rotatable bonds is 8. The Morgan fingerprint density at radius 1 is 1.32 bits per heavy atom. The van der Waals surface area contributed by atoms with E-state index in [2.05, 4.69) is 34.4 Å². The maximum Gasteiger partial charge on any atom is 0.290 e. The van der Waals surface area contributed by atoms with Crippen molar-refractivity contribution in [3.63, 3.8) is 0 Å². The van der Waals surface area contributed by atoms with Gasteiger partial charge in [-0.15, -0.1) is 11.3 Å². The lowest BCUT2D eigenvalue weighted by atomic mass is 10.1. The summed E-state index contributed by atoms with van der Waals surface area (Å²) in [6, 6.07) is 0.580. The van der Waals surface area contributed by atoms with Crippen molar-refractivity contribution in [3.8, 4) is 0 Å². The van der Waals surface area contributed by atoms with E-state index >= 15 is 0 Å². The van der Waals surface area contributed by atoms with Crippen molar-refractivity contribution in [1.82, 2.24) is 20.1 Å². The standard InChI is InChI=1S/C21H32N4O2S.CH2O2/c1-15-19(28-14-23-15)10-11-24(2)20(26)12-17-8-9-18(25(17)3)13-22-21(27)16-6-4-5-7-16;2-1-3/h4-5,14,16-18H,6-13H2,1-3H3,(H,22,27);1H,(H,2,3)/t17-,18+;/m1./s1. The number of aryl methyl sites for hydroxylation is 1. The van der Waals surface area contributed by atoms with E-state index in [1.54, 1.807) is 11.3 Å². The Morgan fingerprint density at radius 2 is 1.97 bits per heavy atom. The van der Waals surface area contributed by atoms with Crippen molar-refractivity contribution < 1.29 is 19.5 Å². The number of nitrogens with zero attached hydrogens (tertiary/aromatic N) is 3. The number of amides is 2. The number of carbonyl (C=O) groups is 3. The van der Waals surface area contributed by atoms with Gasteiger partial charge in [-0.05, 0) is 39.7 Å². The minimum Gasteiger partial charge on any atom is -0.483 e. The van der Waals surface area contributed by atoms with Crippen LogP contribution in [0.1, 0.15) is 42.7 Å². The number of aromatic nitrogens is 1. The van der Waals surface area contributed by atoms with E-state index in [1.807, 2.05) is 24.4 Å². The van der Waals surface area contributed by atoms with Crippen molar-refractivity contribution in [2.75, 3.05) is 27.2 Å². The summed E-state index contributed by atoms with van der Waals surface area (Å²) in [6.45, 7) is 3.17. The van der Waals surface area contributed by atoms with Gasteiger partial charge in [-0.1, -0.05) is 12.2 Å². The summed E-state index contributed by atoms with van der Waals surface area (Å²) in [5.74, 6) is 0.469. The third kappa shape index (κ3) is 7.43. The first kappa shape index (κ1) is 25.0. The fourth-order valence-corrected chi connectivity index (χ4v) is 4.86. The van der Waals surface area contributed by atoms with Gasteiger partial charge in [-0.25, -0.2) is 4.98 Å². The van der Waals surface area contributed by atoms with Gasteiger partial charge in [0, 0.05) is 55.9 Å². The van der Waals surface area contributed by atoms with Crippen LogP contribution in [-0.2, 0) is 20.8 Å². The highest BCUT2D eigenvalue weighted by molar-refractivity contribution is 7.09. The number of likely N-dealkylation sites (N-methyl/N-ethyl adjacent to an activating group) is 2. The number of carboxylic acid groups (broad SMARTS) is 1. The van der Waals surface area contributed by atoms with E-state index in [4.69, 9.17) is 9.90 Å². The van der Waals surface area contributed by atoms with Gasteiger partial charge in [0.2, 0.25) is 11.8 Å². The van der Waals surface area contributed by atoms with E-state index in [0.29, 0.717) is 19.0 Å². The Kier molecular flexibility index (Phi) is 10.1. The van der Waals surface area contributed by atoms with Crippen LogP contribution in [0.15, 0.2) is 17.7 Å². The van der Waals surface area contributed by atoms with Gasteiger partial charge in [0.05, 0.1) is 11.2 Å². The molecule has 1 aromatic heterocycles. The predicted molar refractivity (Wildman–Crippen MR) is 121 cm³/mol. The molecule has 0 spiro atoms. The van der Waals surface area contributed by atoms with Crippen LogP contribution in [0.25, 0.3) is 0 Å². The zero-order valence-electron chi connectivity index (χ0n) is 18.6. The van der Waals surface area contributed by atoms with Gasteiger partial charge < -0.3 is 15.3 Å². The molecule has 9 heteroatoms. The molecule has 0 saturated carbocycles. The molecule has 1 fully saturated rings. The fourth-order valence-electron chi connectivity index (χ4n) is 4.09. The number of carbonyl (C=O) groups excluding carboxylic acids is 2. The SMILES string of the molecule is Cc1ncsc1CCN(C)C(=O)C[C@H]1CC[C@@H](CNC(=O)C2CC=CC2)N1C.O=CO. The van der Waals surface area contributed by atoms with Crippen molar-refractivity contribution in [1.29, 1.82) is 0 Å². The second kappa shape index (κ2) is 12.6. The molecule has 0 aromatic carbocycles. The topological polar surface area (TPSA) is 103 Å². The van der Waals surface area contributed by atoms with Gasteiger partial charge in [0.25, 0.3) is 6.47 Å². The predicted octanol–water partition coefficient (Wildman–Crippen LogP) is 2.09. The number of hydrogen-bond acceptors (Lipinski definition) is 6. The first-order valence-electron chi connectivity index (χ1n) is 10.7. The monoisotopic (exact) mass is 450 g/mol. The Hall–Kier alpha value is -2.26. The number of likely N-dealkylation sites (tertiary alicyclic amines) is 1. The van der Waals surface area contributed by atoms with Crippen molar-refractivity contribution in [2.24, 2.45) is 5.92 Å². The molecule has 172 valence electrons. The Bertz CT molecular complexity index is 758. The fraction of sp³-hybridized carbons (Fsp3) is 0.636. The van der Waals surface area contributed by atoms with Gasteiger partial charge in [0.1, 0.15) is 0 Å². The second-order valence-electron chi connectivity index (χ2n) is 8.17. The zero-order chi connectivity index (χ0) is 22.8. The molecule has 2 N–H and O–H groups in total. The number of thiazole rings is 1. The summed E-state index contributed by atoms with van der Waals surface area (Å²) < 4.78 is 0. The molecule has 0 unspecified atom stereocenters. The molecule has 2 amide bonds. The van der Waals surface area contributed by atoms with E-state index in [0.717, 1.165) is 44.3 Å². The normalized spacial score (nSPS) is 20.9. The molecule has 2 aliphatic rings. The van der Waals surface area contributed by atoms with Gasteiger partial charge in [-0.2, -0.15) is 0 Å². The zero-order valence-corrected chi connectivity index (χ0v) is 19.4. The lowest BCUT2D eigenvalue weighted by Gasteiger charge is -2.27. The van der Waals surface area contributed by atoms with E-state index in [-0.39, 0.29) is 30.2 Å². The lowest BCUT2D eigenvalue weighted by molar-refractivity contribution is -0.131. The molecule has 1 aliphatic carbocycles.